The second-order valence-electron chi connectivity index (χ2n) is 8.61. The topological polar surface area (TPSA) is 59.0 Å². The average Bonchev–Trinajstić information content (AvgIpc) is 3.47. The first kappa shape index (κ1) is 20.7. The number of fused-ring (bicyclic) bond motifs is 6. The Hall–Kier alpha value is -4.68. The van der Waals surface area contributed by atoms with Crippen molar-refractivity contribution in [3.05, 3.63) is 109 Å². The van der Waals surface area contributed by atoms with E-state index in [0.717, 1.165) is 60.9 Å². The fraction of sp³-hybridized carbons (Fsp3) is 0. The highest BCUT2D eigenvalue weighted by molar-refractivity contribution is 6.17. The van der Waals surface area contributed by atoms with Crippen molar-refractivity contribution >= 4 is 68.6 Å². The van der Waals surface area contributed by atoms with E-state index >= 15 is 0 Å². The summed E-state index contributed by atoms with van der Waals surface area (Å²) in [5, 5.41) is 13.3. The van der Waals surface area contributed by atoms with Crippen molar-refractivity contribution in [2.45, 2.75) is 0 Å². The zero-order chi connectivity index (χ0) is 24.1. The molecule has 5 nitrogen and oxygen atoms in total. The van der Waals surface area contributed by atoms with Gasteiger partial charge in [0, 0.05) is 50.7 Å². The third-order valence-corrected chi connectivity index (χ3v) is 6.52. The number of nitrogens with zero attached hydrogens (tertiary/aromatic N) is 1. The lowest BCUT2D eigenvalue weighted by molar-refractivity contribution is 0.454. The SMILES string of the molecule is O[B]Oc1ccc(N(c2ccc3c(c2)oc2ccccc23)c2ccc3c(c2)oc2ccccc23)cc1. The molecule has 0 bridgehead atoms. The van der Waals surface area contributed by atoms with E-state index in [0.29, 0.717) is 13.4 Å². The maximum Gasteiger partial charge on any atom is 0.569 e. The molecule has 0 amide bonds. The van der Waals surface area contributed by atoms with E-state index in [1.165, 1.54) is 0 Å². The van der Waals surface area contributed by atoms with Crippen LogP contribution < -0.4 is 9.55 Å². The van der Waals surface area contributed by atoms with Gasteiger partial charge in [-0.3, -0.25) is 0 Å². The Morgan fingerprint density at radius 2 is 1.00 bits per heavy atom. The summed E-state index contributed by atoms with van der Waals surface area (Å²) in [6, 6.07) is 36.2. The molecule has 1 radical (unpaired) electrons. The molecule has 7 rings (SSSR count). The monoisotopic (exact) mass is 468 g/mol. The van der Waals surface area contributed by atoms with E-state index in [4.69, 9.17) is 18.5 Å². The van der Waals surface area contributed by atoms with Gasteiger partial charge in [0.05, 0.1) is 0 Å². The summed E-state index contributed by atoms with van der Waals surface area (Å²) in [5.74, 6) is 0.543. The second-order valence-corrected chi connectivity index (χ2v) is 8.61. The summed E-state index contributed by atoms with van der Waals surface area (Å²) < 4.78 is 17.5. The second kappa shape index (κ2) is 8.22. The van der Waals surface area contributed by atoms with Crippen molar-refractivity contribution in [3.63, 3.8) is 0 Å². The quantitative estimate of drug-likeness (QED) is 0.261. The van der Waals surface area contributed by atoms with Gasteiger partial charge in [-0.2, -0.15) is 0 Å². The van der Waals surface area contributed by atoms with Crippen LogP contribution in [0.25, 0.3) is 43.9 Å². The minimum atomic E-state index is 0.543. The highest BCUT2D eigenvalue weighted by atomic mass is 16.5. The maximum atomic E-state index is 9.00. The molecule has 6 heteroatoms. The van der Waals surface area contributed by atoms with Crippen LogP contribution in [0.15, 0.2) is 118 Å². The number of para-hydroxylation sites is 2. The Labute approximate surface area is 207 Å². The Morgan fingerprint density at radius 3 is 1.53 bits per heavy atom. The molecule has 171 valence electrons. The molecule has 0 saturated heterocycles. The molecule has 0 aliphatic rings. The summed E-state index contributed by atoms with van der Waals surface area (Å²) in [7, 11) is 0.678. The third kappa shape index (κ3) is 3.31. The first-order valence-corrected chi connectivity index (χ1v) is 11.6. The van der Waals surface area contributed by atoms with Crippen molar-refractivity contribution in [2.75, 3.05) is 4.90 Å². The molecule has 0 atom stereocenters. The van der Waals surface area contributed by atoms with E-state index < -0.39 is 0 Å². The van der Waals surface area contributed by atoms with Crippen LogP contribution in [-0.4, -0.2) is 12.7 Å². The highest BCUT2D eigenvalue weighted by Gasteiger charge is 2.17. The van der Waals surface area contributed by atoms with E-state index in [1.807, 2.05) is 60.7 Å². The molecule has 0 fully saturated rings. The number of hydrogen-bond donors (Lipinski definition) is 1. The van der Waals surface area contributed by atoms with Gasteiger partial charge in [0.25, 0.3) is 0 Å². The Kier molecular flexibility index (Phi) is 4.72. The largest absolute Gasteiger partial charge is 0.569 e. The van der Waals surface area contributed by atoms with Gasteiger partial charge < -0.3 is 23.4 Å². The molecule has 0 aliphatic heterocycles. The van der Waals surface area contributed by atoms with E-state index in [9.17, 15) is 0 Å². The molecule has 0 saturated carbocycles. The average molecular weight is 468 g/mol. The minimum Gasteiger partial charge on any atom is -0.537 e. The van der Waals surface area contributed by atoms with Gasteiger partial charge in [0.15, 0.2) is 0 Å². The fourth-order valence-electron chi connectivity index (χ4n) is 4.89. The number of rotatable bonds is 5. The Balaban J connectivity index is 1.42. The molecule has 2 aromatic heterocycles. The number of anilines is 3. The smallest absolute Gasteiger partial charge is 0.537 e. The maximum absolute atomic E-state index is 9.00. The molecule has 0 spiro atoms. The van der Waals surface area contributed by atoms with Gasteiger partial charge in [-0.15, -0.1) is 0 Å². The number of furan rings is 2. The summed E-state index contributed by atoms with van der Waals surface area (Å²) in [4.78, 5) is 2.14. The van der Waals surface area contributed by atoms with E-state index in [1.54, 1.807) is 0 Å². The van der Waals surface area contributed by atoms with Crippen LogP contribution in [0.3, 0.4) is 0 Å². The van der Waals surface area contributed by atoms with Gasteiger partial charge >= 0.3 is 7.69 Å². The zero-order valence-electron chi connectivity index (χ0n) is 19.1. The predicted molar refractivity (Wildman–Crippen MR) is 144 cm³/mol. The van der Waals surface area contributed by atoms with Crippen LogP contribution in [0.4, 0.5) is 17.1 Å². The van der Waals surface area contributed by atoms with Gasteiger partial charge in [0.2, 0.25) is 0 Å². The molecular formula is C30H19BNO4. The fourth-order valence-corrected chi connectivity index (χ4v) is 4.89. The van der Waals surface area contributed by atoms with Gasteiger partial charge in [-0.1, -0.05) is 36.4 Å². The molecule has 36 heavy (non-hydrogen) atoms. The van der Waals surface area contributed by atoms with Gasteiger partial charge in [0.1, 0.15) is 28.1 Å². The number of benzene rings is 5. The van der Waals surface area contributed by atoms with E-state index in [2.05, 4.69) is 53.4 Å². The minimum absolute atomic E-state index is 0.543. The van der Waals surface area contributed by atoms with Gasteiger partial charge in [-0.25, -0.2) is 0 Å². The molecule has 7 aromatic rings. The summed E-state index contributed by atoms with van der Waals surface area (Å²) in [5.41, 5.74) is 6.17. The van der Waals surface area contributed by atoms with Gasteiger partial charge in [-0.05, 0) is 60.7 Å². The molecular weight excluding hydrogens is 449 g/mol. The molecule has 0 unspecified atom stereocenters. The van der Waals surface area contributed by atoms with Crippen LogP contribution in [0.1, 0.15) is 0 Å². The normalized spacial score (nSPS) is 11.5. The van der Waals surface area contributed by atoms with Crippen molar-refractivity contribution in [1.82, 2.24) is 0 Å². The van der Waals surface area contributed by atoms with Crippen molar-refractivity contribution in [1.29, 1.82) is 0 Å². The first-order valence-electron chi connectivity index (χ1n) is 11.6. The van der Waals surface area contributed by atoms with Crippen molar-refractivity contribution in [3.8, 4) is 5.75 Å². The van der Waals surface area contributed by atoms with E-state index in [-0.39, 0.29) is 0 Å². The van der Waals surface area contributed by atoms with Crippen LogP contribution in [0, 0.1) is 0 Å². The molecule has 1 N–H and O–H groups in total. The highest BCUT2D eigenvalue weighted by Crippen LogP contribution is 2.40. The summed E-state index contributed by atoms with van der Waals surface area (Å²) in [6.07, 6.45) is 0. The first-order chi connectivity index (χ1) is 17.8. The lowest BCUT2D eigenvalue weighted by Crippen LogP contribution is -2.10. The lowest BCUT2D eigenvalue weighted by Gasteiger charge is -2.25. The standard InChI is InChI=1S/C30H19BNO4/c33-31-36-22-13-9-19(10-14-22)32(20-11-15-25-23-5-1-3-7-27(23)34-29(25)17-20)21-12-16-26-24-6-2-4-8-28(24)35-30(26)18-21/h1-18,33H. The van der Waals surface area contributed by atoms with Crippen molar-refractivity contribution < 1.29 is 18.5 Å². The van der Waals surface area contributed by atoms with Crippen molar-refractivity contribution in [2.24, 2.45) is 0 Å². The summed E-state index contributed by atoms with van der Waals surface area (Å²) >= 11 is 0. The predicted octanol–water partition coefficient (Wildman–Crippen LogP) is 7.86. The number of hydrogen-bond acceptors (Lipinski definition) is 5. The third-order valence-electron chi connectivity index (χ3n) is 6.52. The van der Waals surface area contributed by atoms with Crippen LogP contribution in [-0.2, 0) is 0 Å². The molecule has 5 aromatic carbocycles. The Bertz CT molecular complexity index is 1760. The van der Waals surface area contributed by atoms with Crippen LogP contribution >= 0.6 is 0 Å². The zero-order valence-corrected chi connectivity index (χ0v) is 19.1. The lowest BCUT2D eigenvalue weighted by atomic mass is 10.1. The van der Waals surface area contributed by atoms with Crippen LogP contribution in [0.5, 0.6) is 5.75 Å². The molecule has 2 heterocycles. The Morgan fingerprint density at radius 1 is 0.528 bits per heavy atom. The molecule has 0 aliphatic carbocycles. The summed E-state index contributed by atoms with van der Waals surface area (Å²) in [6.45, 7) is 0. The van der Waals surface area contributed by atoms with Crippen LogP contribution in [0.2, 0.25) is 0 Å².